The first-order chi connectivity index (χ1) is 5.86. The van der Waals surface area contributed by atoms with Gasteiger partial charge < -0.3 is 18.3 Å². The van der Waals surface area contributed by atoms with E-state index in [4.69, 9.17) is 18.3 Å². The van der Waals surface area contributed by atoms with Gasteiger partial charge in [-0.05, 0) is 0 Å². The third kappa shape index (κ3) is 0.777. The summed E-state index contributed by atoms with van der Waals surface area (Å²) in [4.78, 5) is 0. The average molecular weight is 168 g/mol. The average Bonchev–Trinajstić information content (AvgIpc) is 2.61. The summed E-state index contributed by atoms with van der Waals surface area (Å²) in [5, 5.41) is 0. The number of rotatable bonds is 2. The Hall–Kier alpha value is -1.58. The summed E-state index contributed by atoms with van der Waals surface area (Å²) in [7, 11) is 3.05. The Morgan fingerprint density at radius 1 is 1.25 bits per heavy atom. The van der Waals surface area contributed by atoms with Gasteiger partial charge in [-0.2, -0.15) is 0 Å². The lowest BCUT2D eigenvalue weighted by Crippen LogP contribution is -1.85. The number of hydrogen-bond donors (Lipinski definition) is 0. The molecule has 0 unspecified atom stereocenters. The van der Waals surface area contributed by atoms with Gasteiger partial charge in [0.1, 0.15) is 0 Å². The lowest BCUT2D eigenvalue weighted by atomic mass is 10.5. The number of furan rings is 2. The molecule has 2 aromatic rings. The first-order valence-corrected chi connectivity index (χ1v) is 3.44. The van der Waals surface area contributed by atoms with E-state index in [1.807, 2.05) is 0 Å². The molecule has 0 bridgehead atoms. The van der Waals surface area contributed by atoms with Crippen LogP contribution in [0.3, 0.4) is 0 Å². The molecule has 2 heterocycles. The van der Waals surface area contributed by atoms with Crippen LogP contribution in [0.25, 0.3) is 11.2 Å². The second kappa shape index (κ2) is 2.48. The van der Waals surface area contributed by atoms with E-state index in [0.29, 0.717) is 22.9 Å². The van der Waals surface area contributed by atoms with Gasteiger partial charge in [0.25, 0.3) is 0 Å². The first kappa shape index (κ1) is 7.09. The fourth-order valence-corrected chi connectivity index (χ4v) is 1.09. The van der Waals surface area contributed by atoms with Crippen molar-refractivity contribution in [1.29, 1.82) is 0 Å². The van der Waals surface area contributed by atoms with Crippen LogP contribution < -0.4 is 9.47 Å². The maximum absolute atomic E-state index is 5.24. The van der Waals surface area contributed by atoms with Crippen molar-refractivity contribution >= 4 is 11.2 Å². The molecule has 2 aromatic heterocycles. The van der Waals surface area contributed by atoms with Crippen LogP contribution in [0.4, 0.5) is 0 Å². The Morgan fingerprint density at radius 3 is 2.75 bits per heavy atom. The molecule has 64 valence electrons. The summed E-state index contributed by atoms with van der Waals surface area (Å²) >= 11 is 0. The molecular formula is C8H8O4. The van der Waals surface area contributed by atoms with Gasteiger partial charge in [-0.25, -0.2) is 0 Å². The van der Waals surface area contributed by atoms with Crippen LogP contribution in [-0.2, 0) is 0 Å². The molecule has 0 fully saturated rings. The topological polar surface area (TPSA) is 44.7 Å². The molecule has 4 nitrogen and oxygen atoms in total. The predicted molar refractivity (Wildman–Crippen MR) is 41.6 cm³/mol. The van der Waals surface area contributed by atoms with E-state index < -0.39 is 0 Å². The molecule has 0 saturated carbocycles. The normalized spacial score (nSPS) is 10.5. The van der Waals surface area contributed by atoms with Crippen molar-refractivity contribution in [3.8, 4) is 11.7 Å². The molecule has 0 aliphatic heterocycles. The van der Waals surface area contributed by atoms with Crippen molar-refractivity contribution in [3.05, 3.63) is 12.3 Å². The van der Waals surface area contributed by atoms with Crippen molar-refractivity contribution in [3.63, 3.8) is 0 Å². The summed E-state index contributed by atoms with van der Waals surface area (Å²) < 4.78 is 20.3. The molecule has 0 radical (unpaired) electrons. The third-order valence-electron chi connectivity index (χ3n) is 1.61. The van der Waals surface area contributed by atoms with E-state index in [9.17, 15) is 0 Å². The fourth-order valence-electron chi connectivity index (χ4n) is 1.09. The maximum Gasteiger partial charge on any atom is 0.333 e. The fraction of sp³-hybridized carbons (Fsp3) is 0.250. The van der Waals surface area contributed by atoms with E-state index >= 15 is 0 Å². The molecule has 0 N–H and O–H groups in total. The highest BCUT2D eigenvalue weighted by molar-refractivity contribution is 5.80. The van der Waals surface area contributed by atoms with Gasteiger partial charge >= 0.3 is 5.95 Å². The Labute approximate surface area is 68.7 Å². The first-order valence-electron chi connectivity index (χ1n) is 3.44. The highest BCUT2D eigenvalue weighted by Crippen LogP contribution is 2.38. The van der Waals surface area contributed by atoms with E-state index in [2.05, 4.69) is 0 Å². The minimum absolute atomic E-state index is 0.340. The van der Waals surface area contributed by atoms with Crippen molar-refractivity contribution in [2.24, 2.45) is 0 Å². The molecule has 0 atom stereocenters. The van der Waals surface area contributed by atoms with Crippen molar-refractivity contribution < 1.29 is 18.3 Å². The molecular weight excluding hydrogens is 160 g/mol. The summed E-state index contributed by atoms with van der Waals surface area (Å²) in [5.41, 5.74) is 1.21. The zero-order chi connectivity index (χ0) is 8.55. The molecule has 0 saturated heterocycles. The van der Waals surface area contributed by atoms with Crippen LogP contribution in [0, 0.1) is 0 Å². The molecule has 0 spiro atoms. The Kier molecular flexibility index (Phi) is 1.46. The second-order valence-electron chi connectivity index (χ2n) is 2.24. The summed E-state index contributed by atoms with van der Waals surface area (Å²) in [5.74, 6) is 0.837. The largest absolute Gasteiger partial charge is 0.487 e. The zero-order valence-corrected chi connectivity index (χ0v) is 6.79. The number of fused-ring (bicyclic) bond motifs is 1. The summed E-state index contributed by atoms with van der Waals surface area (Å²) in [6.45, 7) is 0. The number of hydrogen-bond acceptors (Lipinski definition) is 4. The van der Waals surface area contributed by atoms with Gasteiger partial charge in [0.15, 0.2) is 5.58 Å². The van der Waals surface area contributed by atoms with Crippen LogP contribution in [-0.4, -0.2) is 14.2 Å². The summed E-state index contributed by atoms with van der Waals surface area (Å²) in [6.07, 6.45) is 1.54. The zero-order valence-electron chi connectivity index (χ0n) is 6.79. The molecule has 2 rings (SSSR count). The highest BCUT2D eigenvalue weighted by atomic mass is 16.6. The summed E-state index contributed by atoms with van der Waals surface area (Å²) in [6, 6.07) is 1.71. The molecule has 0 aliphatic carbocycles. The van der Waals surface area contributed by atoms with E-state index in [0.717, 1.165) is 0 Å². The van der Waals surface area contributed by atoms with Crippen molar-refractivity contribution in [2.45, 2.75) is 0 Å². The molecule has 0 aromatic carbocycles. The molecule has 12 heavy (non-hydrogen) atoms. The second-order valence-corrected chi connectivity index (χ2v) is 2.24. The van der Waals surface area contributed by atoms with Crippen LogP contribution >= 0.6 is 0 Å². The monoisotopic (exact) mass is 168 g/mol. The van der Waals surface area contributed by atoms with Crippen molar-refractivity contribution in [1.82, 2.24) is 0 Å². The third-order valence-corrected chi connectivity index (χ3v) is 1.61. The minimum Gasteiger partial charge on any atom is -0.487 e. The molecule has 4 heteroatoms. The van der Waals surface area contributed by atoms with Crippen LogP contribution in [0.2, 0.25) is 0 Å². The predicted octanol–water partition coefficient (Wildman–Crippen LogP) is 2.04. The highest BCUT2D eigenvalue weighted by Gasteiger charge is 2.17. The van der Waals surface area contributed by atoms with Gasteiger partial charge in [0.2, 0.25) is 11.3 Å². The molecule has 0 aliphatic rings. The van der Waals surface area contributed by atoms with Gasteiger partial charge in [0, 0.05) is 6.07 Å². The van der Waals surface area contributed by atoms with Gasteiger partial charge in [0.05, 0.1) is 20.5 Å². The van der Waals surface area contributed by atoms with E-state index in [1.165, 1.54) is 20.5 Å². The minimum atomic E-state index is 0.340. The smallest absolute Gasteiger partial charge is 0.333 e. The van der Waals surface area contributed by atoms with Gasteiger partial charge in [-0.1, -0.05) is 0 Å². The number of ether oxygens (including phenoxy) is 2. The standard InChI is InChI=1S/C8H8O4/c1-9-7-6-5(3-4-11-6)12-8(7)10-2/h3-4H,1-2H3. The quantitative estimate of drug-likeness (QED) is 0.688. The van der Waals surface area contributed by atoms with E-state index in [1.54, 1.807) is 6.07 Å². The lowest BCUT2D eigenvalue weighted by Gasteiger charge is -1.96. The lowest BCUT2D eigenvalue weighted by molar-refractivity contribution is 0.286. The van der Waals surface area contributed by atoms with Gasteiger partial charge in [-0.3, -0.25) is 0 Å². The van der Waals surface area contributed by atoms with Crippen LogP contribution in [0.15, 0.2) is 21.2 Å². The maximum atomic E-state index is 5.24. The number of methoxy groups -OCH3 is 2. The van der Waals surface area contributed by atoms with Crippen LogP contribution in [0.1, 0.15) is 0 Å². The SMILES string of the molecule is COc1oc2ccoc2c1OC. The Bertz CT molecular complexity index is 385. The Balaban J connectivity index is 2.70. The van der Waals surface area contributed by atoms with Crippen molar-refractivity contribution in [2.75, 3.05) is 14.2 Å². The Morgan fingerprint density at radius 2 is 2.08 bits per heavy atom. The van der Waals surface area contributed by atoms with Gasteiger partial charge in [-0.15, -0.1) is 0 Å². The van der Waals surface area contributed by atoms with E-state index in [-0.39, 0.29) is 0 Å². The molecule has 0 amide bonds. The van der Waals surface area contributed by atoms with Crippen LogP contribution in [0.5, 0.6) is 11.7 Å².